The fourth-order valence-electron chi connectivity index (χ4n) is 2.60. The molecule has 1 fully saturated rings. The maximum absolute atomic E-state index is 11.9. The first-order chi connectivity index (χ1) is 10.5. The quantitative estimate of drug-likeness (QED) is 0.874. The SMILES string of the molecule is O=S1(=O)CC(NCc2ccco2)C(Nc2ccc(Cl)cc2)C1. The van der Waals surface area contributed by atoms with Gasteiger partial charge in [0.1, 0.15) is 5.76 Å². The highest BCUT2D eigenvalue weighted by Crippen LogP contribution is 2.20. The molecule has 5 nitrogen and oxygen atoms in total. The standard InChI is InChI=1S/C15H17ClN2O3S/c16-11-3-5-12(6-4-11)18-15-10-22(19,20)9-14(15)17-8-13-2-1-7-21-13/h1-7,14-15,17-18H,8-10H2. The van der Waals surface area contributed by atoms with E-state index < -0.39 is 9.84 Å². The van der Waals surface area contributed by atoms with Crippen LogP contribution in [0.25, 0.3) is 0 Å². The summed E-state index contributed by atoms with van der Waals surface area (Å²) in [4.78, 5) is 0. The van der Waals surface area contributed by atoms with Crippen LogP contribution in [-0.4, -0.2) is 32.0 Å². The van der Waals surface area contributed by atoms with E-state index in [4.69, 9.17) is 16.0 Å². The Hall–Kier alpha value is -1.50. The van der Waals surface area contributed by atoms with Crippen molar-refractivity contribution < 1.29 is 12.8 Å². The molecule has 7 heteroatoms. The highest BCUT2D eigenvalue weighted by molar-refractivity contribution is 7.91. The van der Waals surface area contributed by atoms with E-state index in [2.05, 4.69) is 10.6 Å². The Morgan fingerprint density at radius 1 is 1.14 bits per heavy atom. The summed E-state index contributed by atoms with van der Waals surface area (Å²) in [5, 5.41) is 7.18. The van der Waals surface area contributed by atoms with Crippen molar-refractivity contribution in [1.29, 1.82) is 0 Å². The largest absolute Gasteiger partial charge is 0.468 e. The van der Waals surface area contributed by atoms with Crippen LogP contribution in [0.1, 0.15) is 5.76 Å². The molecular weight excluding hydrogens is 324 g/mol. The average Bonchev–Trinajstić information content (AvgIpc) is 3.07. The van der Waals surface area contributed by atoms with Crippen molar-refractivity contribution in [2.75, 3.05) is 16.8 Å². The molecule has 1 aromatic carbocycles. The zero-order valence-corrected chi connectivity index (χ0v) is 13.4. The first-order valence-corrected chi connectivity index (χ1v) is 9.20. The second-order valence-corrected chi connectivity index (χ2v) is 7.99. The molecule has 3 rings (SSSR count). The summed E-state index contributed by atoms with van der Waals surface area (Å²) in [6.07, 6.45) is 1.60. The third kappa shape index (κ3) is 3.82. The van der Waals surface area contributed by atoms with E-state index in [0.29, 0.717) is 11.6 Å². The number of hydrogen-bond donors (Lipinski definition) is 2. The summed E-state index contributed by atoms with van der Waals surface area (Å²) in [6, 6.07) is 10.6. The maximum atomic E-state index is 11.9. The van der Waals surface area contributed by atoms with Crippen molar-refractivity contribution in [2.45, 2.75) is 18.6 Å². The second kappa shape index (κ2) is 6.32. The van der Waals surface area contributed by atoms with Crippen LogP contribution in [0, 0.1) is 0 Å². The first kappa shape index (κ1) is 15.4. The summed E-state index contributed by atoms with van der Waals surface area (Å²) in [6.45, 7) is 0.506. The molecule has 0 amide bonds. The van der Waals surface area contributed by atoms with E-state index >= 15 is 0 Å². The molecule has 0 bridgehead atoms. The fourth-order valence-corrected chi connectivity index (χ4v) is 4.62. The smallest absolute Gasteiger partial charge is 0.153 e. The number of halogens is 1. The van der Waals surface area contributed by atoms with E-state index in [9.17, 15) is 8.42 Å². The Balaban J connectivity index is 1.68. The van der Waals surface area contributed by atoms with Gasteiger partial charge in [0.25, 0.3) is 0 Å². The van der Waals surface area contributed by atoms with Gasteiger partial charge in [-0.2, -0.15) is 0 Å². The van der Waals surface area contributed by atoms with Crippen LogP contribution in [0.4, 0.5) is 5.69 Å². The van der Waals surface area contributed by atoms with Gasteiger partial charge in [-0.05, 0) is 36.4 Å². The highest BCUT2D eigenvalue weighted by atomic mass is 35.5. The van der Waals surface area contributed by atoms with Crippen molar-refractivity contribution in [3.63, 3.8) is 0 Å². The van der Waals surface area contributed by atoms with Gasteiger partial charge >= 0.3 is 0 Å². The molecule has 0 radical (unpaired) electrons. The molecule has 2 aromatic rings. The predicted octanol–water partition coefficient (Wildman–Crippen LogP) is 2.30. The normalized spacial score (nSPS) is 23.5. The Bertz CT molecular complexity index is 714. The summed E-state index contributed by atoms with van der Waals surface area (Å²) < 4.78 is 29.1. The molecule has 2 heterocycles. The van der Waals surface area contributed by atoms with Gasteiger partial charge in [0.15, 0.2) is 9.84 Å². The third-order valence-corrected chi connectivity index (χ3v) is 5.65. The lowest BCUT2D eigenvalue weighted by atomic mass is 10.1. The minimum atomic E-state index is -3.05. The van der Waals surface area contributed by atoms with E-state index in [-0.39, 0.29) is 23.6 Å². The molecule has 1 aliphatic rings. The maximum Gasteiger partial charge on any atom is 0.153 e. The van der Waals surface area contributed by atoms with Crippen molar-refractivity contribution in [2.24, 2.45) is 0 Å². The van der Waals surface area contributed by atoms with Crippen molar-refractivity contribution in [1.82, 2.24) is 5.32 Å². The monoisotopic (exact) mass is 340 g/mol. The summed E-state index contributed by atoms with van der Waals surface area (Å²) >= 11 is 5.86. The van der Waals surface area contributed by atoms with Crippen molar-refractivity contribution in [3.8, 4) is 0 Å². The topological polar surface area (TPSA) is 71.3 Å². The van der Waals surface area contributed by atoms with Gasteiger partial charge in [0.2, 0.25) is 0 Å². The number of anilines is 1. The van der Waals surface area contributed by atoms with Gasteiger partial charge in [0.05, 0.1) is 30.4 Å². The molecule has 2 unspecified atom stereocenters. The third-order valence-electron chi connectivity index (χ3n) is 3.67. The van der Waals surface area contributed by atoms with E-state index in [0.717, 1.165) is 11.4 Å². The zero-order valence-electron chi connectivity index (χ0n) is 11.8. The number of furan rings is 1. The van der Waals surface area contributed by atoms with Crippen LogP contribution in [0.2, 0.25) is 5.02 Å². The van der Waals surface area contributed by atoms with Crippen molar-refractivity contribution >= 4 is 27.1 Å². The number of benzene rings is 1. The summed E-state index contributed by atoms with van der Waals surface area (Å²) in [5.74, 6) is 1.03. The number of rotatable bonds is 5. The molecule has 0 spiro atoms. The van der Waals surface area contributed by atoms with Gasteiger partial charge in [-0.3, -0.25) is 0 Å². The van der Waals surface area contributed by atoms with E-state index in [1.165, 1.54) is 0 Å². The summed E-state index contributed by atoms with van der Waals surface area (Å²) in [7, 11) is -3.05. The van der Waals surface area contributed by atoms with Gasteiger partial charge in [-0.15, -0.1) is 0 Å². The van der Waals surface area contributed by atoms with Crippen LogP contribution in [-0.2, 0) is 16.4 Å². The first-order valence-electron chi connectivity index (χ1n) is 7.00. The minimum Gasteiger partial charge on any atom is -0.468 e. The Kier molecular flexibility index (Phi) is 4.42. The Morgan fingerprint density at radius 3 is 2.55 bits per heavy atom. The molecule has 22 heavy (non-hydrogen) atoms. The molecule has 0 saturated carbocycles. The molecule has 2 atom stereocenters. The van der Waals surface area contributed by atoms with Crippen molar-refractivity contribution in [3.05, 3.63) is 53.4 Å². The molecule has 1 aliphatic heterocycles. The Labute approximate surface area is 134 Å². The molecule has 2 N–H and O–H groups in total. The zero-order chi connectivity index (χ0) is 15.6. The molecule has 1 aromatic heterocycles. The second-order valence-electron chi connectivity index (χ2n) is 5.40. The number of nitrogens with one attached hydrogen (secondary N) is 2. The minimum absolute atomic E-state index is 0.117. The van der Waals surface area contributed by atoms with Crippen LogP contribution in [0.5, 0.6) is 0 Å². The summed E-state index contributed by atoms with van der Waals surface area (Å²) in [5.41, 5.74) is 0.858. The van der Waals surface area contributed by atoms with Crippen LogP contribution in [0.3, 0.4) is 0 Å². The Morgan fingerprint density at radius 2 is 1.86 bits per heavy atom. The molecule has 1 saturated heterocycles. The van der Waals surface area contributed by atoms with Crippen LogP contribution in [0.15, 0.2) is 47.1 Å². The van der Waals surface area contributed by atoms with E-state index in [1.54, 1.807) is 18.4 Å². The van der Waals surface area contributed by atoms with Crippen LogP contribution < -0.4 is 10.6 Å². The number of hydrogen-bond acceptors (Lipinski definition) is 5. The van der Waals surface area contributed by atoms with Gasteiger partial charge in [-0.25, -0.2) is 8.42 Å². The highest BCUT2D eigenvalue weighted by Gasteiger charge is 2.37. The average molecular weight is 341 g/mol. The lowest BCUT2D eigenvalue weighted by Crippen LogP contribution is -2.42. The molecule has 0 aliphatic carbocycles. The van der Waals surface area contributed by atoms with Gasteiger partial charge in [0, 0.05) is 16.8 Å². The number of sulfone groups is 1. The molecular formula is C15H17ClN2O3S. The van der Waals surface area contributed by atoms with Gasteiger partial charge in [-0.1, -0.05) is 11.6 Å². The predicted molar refractivity (Wildman–Crippen MR) is 86.9 cm³/mol. The lowest BCUT2D eigenvalue weighted by molar-refractivity contribution is 0.447. The molecule has 118 valence electrons. The lowest BCUT2D eigenvalue weighted by Gasteiger charge is -2.21. The van der Waals surface area contributed by atoms with Crippen LogP contribution >= 0.6 is 11.6 Å². The van der Waals surface area contributed by atoms with Gasteiger partial charge < -0.3 is 15.1 Å². The van der Waals surface area contributed by atoms with E-state index in [1.807, 2.05) is 24.3 Å². The fraction of sp³-hybridized carbons (Fsp3) is 0.333.